The molecule has 3 unspecified atom stereocenters. The molecule has 4 amide bonds. The Bertz CT molecular complexity index is 1010. The van der Waals surface area contributed by atoms with Gasteiger partial charge in [0.05, 0.1) is 6.07 Å². The SMILES string of the molecule is CSC(C#N)C(=O)NC1C(=O)N2C(C(=O)O)=C(C(CCNC(N)=O)Sc3nnn[nH]3)CS[C@@H]12. The van der Waals surface area contributed by atoms with Gasteiger partial charge in [0, 0.05) is 17.5 Å². The number of aliphatic carboxylic acids is 1. The summed E-state index contributed by atoms with van der Waals surface area (Å²) in [5.41, 5.74) is 5.39. The van der Waals surface area contributed by atoms with E-state index in [1.54, 1.807) is 6.26 Å². The molecule has 17 heteroatoms. The van der Waals surface area contributed by atoms with Gasteiger partial charge in [-0.3, -0.25) is 14.5 Å². The van der Waals surface area contributed by atoms with Crippen molar-refractivity contribution in [3.63, 3.8) is 0 Å². The number of hydrogen-bond donors (Lipinski definition) is 5. The number of nitrogens with zero attached hydrogens (tertiary/aromatic N) is 5. The topological polar surface area (TPSA) is 220 Å². The van der Waals surface area contributed by atoms with Crippen LogP contribution in [0, 0.1) is 11.3 Å². The Balaban J connectivity index is 1.84. The van der Waals surface area contributed by atoms with Crippen molar-refractivity contribution in [3.8, 4) is 6.07 Å². The number of H-pyrrole nitrogens is 1. The van der Waals surface area contributed by atoms with E-state index in [1.807, 2.05) is 6.07 Å². The number of primary amides is 1. The molecule has 4 atom stereocenters. The van der Waals surface area contributed by atoms with Crippen LogP contribution in [0.1, 0.15) is 6.42 Å². The van der Waals surface area contributed by atoms with Crippen molar-refractivity contribution in [2.45, 2.75) is 33.5 Å². The minimum atomic E-state index is -1.29. The molecule has 1 aromatic heterocycles. The fourth-order valence-corrected chi connectivity index (χ4v) is 6.24. The van der Waals surface area contributed by atoms with E-state index in [0.717, 1.165) is 28.4 Å². The van der Waals surface area contributed by atoms with Gasteiger partial charge in [-0.15, -0.1) is 28.6 Å². The summed E-state index contributed by atoms with van der Waals surface area (Å²) in [5.74, 6) is -2.22. The van der Waals surface area contributed by atoms with Crippen LogP contribution in [0.25, 0.3) is 0 Å². The second-order valence-electron chi connectivity index (χ2n) is 6.71. The van der Waals surface area contributed by atoms with Crippen LogP contribution in [0.3, 0.4) is 0 Å². The second-order valence-corrected chi connectivity index (χ2v) is 9.95. The zero-order valence-corrected chi connectivity index (χ0v) is 19.5. The maximum atomic E-state index is 12.8. The van der Waals surface area contributed by atoms with Gasteiger partial charge in [-0.1, -0.05) is 11.8 Å². The van der Waals surface area contributed by atoms with Crippen molar-refractivity contribution >= 4 is 59.1 Å². The number of nitrogens with two attached hydrogens (primary N) is 1. The molecule has 1 saturated heterocycles. The third-order valence-corrected chi connectivity index (χ3v) is 8.06. The minimum Gasteiger partial charge on any atom is -0.477 e. The molecule has 3 rings (SSSR count). The quantitative estimate of drug-likeness (QED) is 0.182. The van der Waals surface area contributed by atoms with Crippen LogP contribution in [-0.2, 0) is 14.4 Å². The molecular weight excluding hydrogens is 494 g/mol. The highest BCUT2D eigenvalue weighted by Crippen LogP contribution is 2.44. The van der Waals surface area contributed by atoms with E-state index in [2.05, 4.69) is 31.3 Å². The number of carboxylic acids is 1. The first kappa shape index (κ1) is 24.7. The van der Waals surface area contributed by atoms with Gasteiger partial charge >= 0.3 is 12.0 Å². The molecule has 0 saturated carbocycles. The van der Waals surface area contributed by atoms with E-state index in [0.29, 0.717) is 17.2 Å². The van der Waals surface area contributed by atoms with Crippen molar-refractivity contribution in [2.75, 3.05) is 18.6 Å². The van der Waals surface area contributed by atoms with Crippen molar-refractivity contribution in [1.29, 1.82) is 5.26 Å². The fraction of sp³-hybridized carbons (Fsp3) is 0.500. The summed E-state index contributed by atoms with van der Waals surface area (Å²) in [6, 6.07) is 0.197. The molecular formula is C16H19N9O5S3. The molecule has 0 aromatic carbocycles. The Morgan fingerprint density at radius 2 is 2.24 bits per heavy atom. The minimum absolute atomic E-state index is 0.163. The van der Waals surface area contributed by atoms with Crippen molar-refractivity contribution < 1.29 is 24.3 Å². The number of β-lactam (4-membered cyclic amide) rings is 1. The van der Waals surface area contributed by atoms with E-state index in [1.165, 1.54) is 11.8 Å². The molecule has 0 radical (unpaired) electrons. The third-order valence-electron chi connectivity index (χ3n) is 4.76. The Morgan fingerprint density at radius 1 is 1.48 bits per heavy atom. The van der Waals surface area contributed by atoms with Gasteiger partial charge in [0.15, 0.2) is 5.25 Å². The first-order valence-electron chi connectivity index (χ1n) is 9.36. The predicted molar refractivity (Wildman–Crippen MR) is 119 cm³/mol. The van der Waals surface area contributed by atoms with E-state index in [9.17, 15) is 24.3 Å². The average Bonchev–Trinajstić information content (AvgIpc) is 3.29. The second kappa shape index (κ2) is 10.8. The van der Waals surface area contributed by atoms with Crippen LogP contribution in [0.4, 0.5) is 4.79 Å². The van der Waals surface area contributed by atoms with Crippen LogP contribution >= 0.6 is 35.3 Å². The number of amides is 4. The number of urea groups is 1. The summed E-state index contributed by atoms with van der Waals surface area (Å²) < 4.78 is 0. The molecule has 0 bridgehead atoms. The van der Waals surface area contributed by atoms with Gasteiger partial charge < -0.3 is 21.5 Å². The molecule has 14 nitrogen and oxygen atoms in total. The van der Waals surface area contributed by atoms with E-state index < -0.39 is 45.7 Å². The number of hydrogen-bond acceptors (Lipinski definition) is 11. The smallest absolute Gasteiger partial charge is 0.352 e. The van der Waals surface area contributed by atoms with Gasteiger partial charge in [0.2, 0.25) is 11.1 Å². The summed E-state index contributed by atoms with van der Waals surface area (Å²) in [7, 11) is 0. The lowest BCUT2D eigenvalue weighted by atomic mass is 10.00. The summed E-state index contributed by atoms with van der Waals surface area (Å²) in [5, 5.41) is 35.6. The Morgan fingerprint density at radius 3 is 2.82 bits per heavy atom. The van der Waals surface area contributed by atoms with E-state index >= 15 is 0 Å². The lowest BCUT2D eigenvalue weighted by Gasteiger charge is -2.50. The average molecular weight is 514 g/mol. The zero-order valence-electron chi connectivity index (χ0n) is 17.0. The van der Waals surface area contributed by atoms with Crippen LogP contribution < -0.4 is 16.4 Å². The highest BCUT2D eigenvalue weighted by Gasteiger charge is 2.55. The van der Waals surface area contributed by atoms with Crippen molar-refractivity contribution in [3.05, 3.63) is 11.3 Å². The predicted octanol–water partition coefficient (Wildman–Crippen LogP) is -1.29. The Hall–Kier alpha value is -2.97. The number of nitriles is 1. The number of aromatic amines is 1. The summed E-state index contributed by atoms with van der Waals surface area (Å²) in [6.07, 6.45) is 1.90. The number of thioether (sulfide) groups is 3. The lowest BCUT2D eigenvalue weighted by Crippen LogP contribution is -2.71. The Kier molecular flexibility index (Phi) is 8.05. The molecule has 176 valence electrons. The molecule has 1 aromatic rings. The number of fused-ring (bicyclic) bond motifs is 1. The number of carbonyl (C=O) groups excluding carboxylic acids is 3. The monoisotopic (exact) mass is 513 g/mol. The van der Waals surface area contributed by atoms with Crippen LogP contribution in [0.2, 0.25) is 0 Å². The molecule has 6 N–H and O–H groups in total. The molecule has 3 heterocycles. The zero-order chi connectivity index (χ0) is 24.1. The van der Waals surface area contributed by atoms with Crippen LogP contribution in [0.5, 0.6) is 0 Å². The normalized spacial score (nSPS) is 21.3. The number of carboxylic acid groups (broad SMARTS) is 1. The summed E-state index contributed by atoms with van der Waals surface area (Å²) in [4.78, 5) is 49.4. The number of nitrogens with one attached hydrogen (secondary N) is 3. The largest absolute Gasteiger partial charge is 0.477 e. The van der Waals surface area contributed by atoms with Crippen LogP contribution in [-0.4, -0.2) is 94.9 Å². The number of rotatable bonds is 10. The molecule has 2 aliphatic heterocycles. The first-order chi connectivity index (χ1) is 15.8. The molecule has 1 fully saturated rings. The molecule has 0 aliphatic carbocycles. The van der Waals surface area contributed by atoms with Gasteiger partial charge in [-0.05, 0) is 28.7 Å². The molecule has 2 aliphatic rings. The van der Waals surface area contributed by atoms with Crippen LogP contribution in [0.15, 0.2) is 16.4 Å². The van der Waals surface area contributed by atoms with Crippen molar-refractivity contribution in [2.24, 2.45) is 5.73 Å². The van der Waals surface area contributed by atoms with Gasteiger partial charge in [-0.2, -0.15) is 5.26 Å². The highest BCUT2D eigenvalue weighted by atomic mass is 32.2. The fourth-order valence-electron chi connectivity index (χ4n) is 3.30. The van der Waals surface area contributed by atoms with Crippen molar-refractivity contribution in [1.82, 2.24) is 36.2 Å². The van der Waals surface area contributed by atoms with E-state index in [-0.39, 0.29) is 18.0 Å². The van der Waals surface area contributed by atoms with Gasteiger partial charge in [0.25, 0.3) is 5.91 Å². The maximum Gasteiger partial charge on any atom is 0.352 e. The lowest BCUT2D eigenvalue weighted by molar-refractivity contribution is -0.150. The van der Waals surface area contributed by atoms with Gasteiger partial charge in [0.1, 0.15) is 17.1 Å². The number of aromatic nitrogens is 4. The summed E-state index contributed by atoms with van der Waals surface area (Å²) >= 11 is 3.49. The first-order valence-corrected chi connectivity index (χ1v) is 12.6. The maximum absolute atomic E-state index is 12.8. The molecule has 33 heavy (non-hydrogen) atoms. The number of tetrazole rings is 1. The van der Waals surface area contributed by atoms with E-state index in [4.69, 9.17) is 11.0 Å². The number of carbonyl (C=O) groups is 4. The molecule has 0 spiro atoms. The highest BCUT2D eigenvalue weighted by molar-refractivity contribution is 8.01. The van der Waals surface area contributed by atoms with Gasteiger partial charge in [-0.25, -0.2) is 14.7 Å². The Labute approximate surface area is 199 Å². The summed E-state index contributed by atoms with van der Waals surface area (Å²) in [6.45, 7) is 0.163. The standard InChI is InChI=1S/C16H19N9O5S3/c1-31-8(4-17)11(26)20-9-12(27)25-10(14(28)29)6(5-32-13(9)25)7(2-3-19-15(18)30)33-16-21-23-24-22-16/h7-9,13H,2-3,5H2,1H3,(H,20,26)(H,28,29)(H3,18,19,30)(H,21,22,23,24)/t7?,8?,9?,13-/m0/s1. The third kappa shape index (κ3) is 5.34.